The average Bonchev–Trinajstić information content (AvgIpc) is 2.27. The lowest BCUT2D eigenvalue weighted by molar-refractivity contribution is -0.151. The molecule has 0 spiro atoms. The Kier molecular flexibility index (Phi) is 5.93. The lowest BCUT2D eigenvalue weighted by atomic mass is 10.0. The van der Waals surface area contributed by atoms with Crippen LogP contribution in [0.1, 0.15) is 11.6 Å². The van der Waals surface area contributed by atoms with Crippen molar-refractivity contribution in [1.82, 2.24) is 0 Å². The Labute approximate surface area is 94.5 Å². The largest absolute Gasteiger partial charge is 0.467 e. The van der Waals surface area contributed by atoms with Gasteiger partial charge < -0.3 is 15.6 Å². The lowest BCUT2D eigenvalue weighted by Gasteiger charge is -2.16. The molecule has 0 saturated heterocycles. The summed E-state index contributed by atoms with van der Waals surface area (Å²) in [6.07, 6.45) is -1.32. The molecular weight excluding hydrogens is 218 g/mol. The van der Waals surface area contributed by atoms with Crippen LogP contribution in [-0.4, -0.2) is 24.3 Å². The molecule has 3 N–H and O–H groups in total. The molecule has 15 heavy (non-hydrogen) atoms. The van der Waals surface area contributed by atoms with E-state index in [-0.39, 0.29) is 12.4 Å². The molecule has 0 fully saturated rings. The lowest BCUT2D eigenvalue weighted by Crippen LogP contribution is -2.34. The van der Waals surface area contributed by atoms with Crippen LogP contribution in [0.3, 0.4) is 0 Å². The molecule has 2 unspecified atom stereocenters. The first-order valence-electron chi connectivity index (χ1n) is 4.23. The van der Waals surface area contributed by atoms with Gasteiger partial charge in [-0.3, -0.25) is 0 Å². The van der Waals surface area contributed by atoms with E-state index in [0.717, 1.165) is 0 Å². The number of carbonyl (C=O) groups excluding carboxylic acids is 1. The van der Waals surface area contributed by atoms with Gasteiger partial charge in [0.05, 0.1) is 13.2 Å². The van der Waals surface area contributed by atoms with Crippen molar-refractivity contribution in [3.63, 3.8) is 0 Å². The van der Waals surface area contributed by atoms with Gasteiger partial charge in [0, 0.05) is 0 Å². The fourth-order valence-corrected chi connectivity index (χ4v) is 1.12. The number of aliphatic hydroxyl groups is 1. The Balaban J connectivity index is 0.00000196. The summed E-state index contributed by atoms with van der Waals surface area (Å²) in [5.41, 5.74) is 6.36. The molecule has 0 bridgehead atoms. The fourth-order valence-electron chi connectivity index (χ4n) is 1.12. The Morgan fingerprint density at radius 1 is 1.40 bits per heavy atom. The number of nitrogens with two attached hydrogens (primary N) is 1. The molecule has 0 radical (unpaired) electrons. The molecule has 0 amide bonds. The molecule has 84 valence electrons. The van der Waals surface area contributed by atoms with Gasteiger partial charge in [0.25, 0.3) is 0 Å². The van der Waals surface area contributed by atoms with E-state index < -0.39 is 18.1 Å². The number of esters is 1. The molecule has 0 saturated carbocycles. The highest BCUT2D eigenvalue weighted by atomic mass is 35.5. The summed E-state index contributed by atoms with van der Waals surface area (Å²) in [6, 6.07) is 8.16. The number of halogens is 1. The van der Waals surface area contributed by atoms with Crippen LogP contribution in [0.15, 0.2) is 30.3 Å². The zero-order chi connectivity index (χ0) is 10.6. The van der Waals surface area contributed by atoms with Crippen molar-refractivity contribution < 1.29 is 14.6 Å². The number of methoxy groups -OCH3 is 1. The minimum atomic E-state index is -1.32. The summed E-state index contributed by atoms with van der Waals surface area (Å²) in [6.45, 7) is 0. The fraction of sp³-hybridized carbons (Fsp3) is 0.300. The predicted octanol–water partition coefficient (Wildman–Crippen LogP) is 0.642. The van der Waals surface area contributed by atoms with Crippen molar-refractivity contribution >= 4 is 18.4 Å². The van der Waals surface area contributed by atoms with Crippen LogP contribution in [0, 0.1) is 0 Å². The highest BCUT2D eigenvalue weighted by Gasteiger charge is 2.24. The first-order valence-corrected chi connectivity index (χ1v) is 4.23. The van der Waals surface area contributed by atoms with E-state index in [9.17, 15) is 9.90 Å². The van der Waals surface area contributed by atoms with E-state index in [2.05, 4.69) is 4.74 Å². The van der Waals surface area contributed by atoms with Crippen LogP contribution in [0.5, 0.6) is 0 Å². The van der Waals surface area contributed by atoms with Crippen molar-refractivity contribution in [2.24, 2.45) is 5.73 Å². The van der Waals surface area contributed by atoms with E-state index in [0.29, 0.717) is 5.56 Å². The molecule has 1 aromatic rings. The SMILES string of the molecule is COC(=O)C(O)C(N)c1ccccc1.Cl. The summed E-state index contributed by atoms with van der Waals surface area (Å²) in [5.74, 6) is -0.721. The highest BCUT2D eigenvalue weighted by Crippen LogP contribution is 2.14. The number of hydrogen-bond donors (Lipinski definition) is 2. The summed E-state index contributed by atoms with van der Waals surface area (Å²) in [7, 11) is 1.21. The topological polar surface area (TPSA) is 72.5 Å². The molecule has 0 aliphatic carbocycles. The molecule has 0 aliphatic heterocycles. The molecule has 0 aliphatic rings. The Morgan fingerprint density at radius 3 is 2.40 bits per heavy atom. The van der Waals surface area contributed by atoms with Gasteiger partial charge in [0.1, 0.15) is 0 Å². The van der Waals surface area contributed by atoms with E-state index in [1.54, 1.807) is 24.3 Å². The number of carbonyl (C=O) groups is 1. The number of hydrogen-bond acceptors (Lipinski definition) is 4. The summed E-state index contributed by atoms with van der Waals surface area (Å²) in [4.78, 5) is 11.0. The second-order valence-electron chi connectivity index (χ2n) is 2.90. The van der Waals surface area contributed by atoms with Gasteiger partial charge in [0.15, 0.2) is 6.10 Å². The third kappa shape index (κ3) is 3.51. The smallest absolute Gasteiger partial charge is 0.336 e. The van der Waals surface area contributed by atoms with E-state index >= 15 is 0 Å². The second kappa shape index (κ2) is 6.40. The van der Waals surface area contributed by atoms with Crippen LogP contribution in [0.4, 0.5) is 0 Å². The summed E-state index contributed by atoms with van der Waals surface area (Å²) < 4.78 is 4.39. The summed E-state index contributed by atoms with van der Waals surface area (Å²) >= 11 is 0. The van der Waals surface area contributed by atoms with Gasteiger partial charge in [-0.25, -0.2) is 4.79 Å². The monoisotopic (exact) mass is 231 g/mol. The van der Waals surface area contributed by atoms with Crippen LogP contribution >= 0.6 is 12.4 Å². The van der Waals surface area contributed by atoms with Crippen molar-refractivity contribution in [2.45, 2.75) is 12.1 Å². The molecular formula is C10H14ClNO3. The Bertz CT molecular complexity index is 305. The molecule has 4 nitrogen and oxygen atoms in total. The number of ether oxygens (including phenoxy) is 1. The van der Waals surface area contributed by atoms with Gasteiger partial charge in [-0.1, -0.05) is 30.3 Å². The van der Waals surface area contributed by atoms with Gasteiger partial charge in [-0.15, -0.1) is 12.4 Å². The average molecular weight is 232 g/mol. The first-order chi connectivity index (χ1) is 6.66. The van der Waals surface area contributed by atoms with Gasteiger partial charge in [0.2, 0.25) is 0 Å². The maximum absolute atomic E-state index is 11.0. The van der Waals surface area contributed by atoms with Crippen LogP contribution in [-0.2, 0) is 9.53 Å². The molecule has 2 atom stereocenters. The zero-order valence-electron chi connectivity index (χ0n) is 8.29. The van der Waals surface area contributed by atoms with Crippen molar-refractivity contribution in [1.29, 1.82) is 0 Å². The van der Waals surface area contributed by atoms with Crippen LogP contribution in [0.2, 0.25) is 0 Å². The molecule has 5 heteroatoms. The van der Waals surface area contributed by atoms with Crippen LogP contribution in [0.25, 0.3) is 0 Å². The van der Waals surface area contributed by atoms with Crippen molar-refractivity contribution in [3.8, 4) is 0 Å². The van der Waals surface area contributed by atoms with Gasteiger partial charge in [-0.2, -0.15) is 0 Å². The van der Waals surface area contributed by atoms with Gasteiger partial charge in [-0.05, 0) is 5.56 Å². The Hall–Kier alpha value is -1.10. The number of rotatable bonds is 3. The maximum Gasteiger partial charge on any atom is 0.336 e. The molecule has 1 rings (SSSR count). The van der Waals surface area contributed by atoms with E-state index in [1.165, 1.54) is 7.11 Å². The standard InChI is InChI=1S/C10H13NO3.ClH/c1-14-10(13)9(12)8(11)7-5-3-2-4-6-7;/h2-6,8-9,12H,11H2,1H3;1H. The van der Waals surface area contributed by atoms with E-state index in [1.807, 2.05) is 6.07 Å². The zero-order valence-corrected chi connectivity index (χ0v) is 9.11. The normalized spacial score (nSPS) is 13.5. The second-order valence-corrected chi connectivity index (χ2v) is 2.90. The van der Waals surface area contributed by atoms with Crippen molar-refractivity contribution in [3.05, 3.63) is 35.9 Å². The third-order valence-corrected chi connectivity index (χ3v) is 1.97. The van der Waals surface area contributed by atoms with Crippen molar-refractivity contribution in [2.75, 3.05) is 7.11 Å². The van der Waals surface area contributed by atoms with Gasteiger partial charge >= 0.3 is 5.97 Å². The summed E-state index contributed by atoms with van der Waals surface area (Å²) in [5, 5.41) is 9.44. The quantitative estimate of drug-likeness (QED) is 0.749. The first kappa shape index (κ1) is 13.9. The third-order valence-electron chi connectivity index (χ3n) is 1.97. The van der Waals surface area contributed by atoms with Crippen LogP contribution < -0.4 is 5.73 Å². The minimum absolute atomic E-state index is 0. The highest BCUT2D eigenvalue weighted by molar-refractivity contribution is 5.85. The number of benzene rings is 1. The van der Waals surface area contributed by atoms with E-state index in [4.69, 9.17) is 5.73 Å². The molecule has 0 aromatic heterocycles. The molecule has 0 heterocycles. The Morgan fingerprint density at radius 2 is 1.93 bits per heavy atom. The number of aliphatic hydroxyl groups excluding tert-OH is 1. The predicted molar refractivity (Wildman–Crippen MR) is 58.6 cm³/mol. The minimum Gasteiger partial charge on any atom is -0.467 e. The molecule has 1 aromatic carbocycles. The maximum atomic E-state index is 11.0.